The van der Waals surface area contributed by atoms with Crippen LogP contribution in [0.4, 0.5) is 0 Å². The highest BCUT2D eigenvalue weighted by Gasteiger charge is 2.25. The monoisotopic (exact) mass is 411 g/mol. The molecule has 1 amide bonds. The molecule has 152 valence electrons. The number of carbonyl (C=O) groups excluding carboxylic acids is 1. The minimum atomic E-state index is 0.0912. The number of rotatable bonds is 6. The van der Waals surface area contributed by atoms with Gasteiger partial charge in [0, 0.05) is 17.5 Å². The number of oxazole rings is 1. The van der Waals surface area contributed by atoms with Gasteiger partial charge in [-0.3, -0.25) is 9.69 Å². The Morgan fingerprint density at radius 3 is 2.83 bits per heavy atom. The van der Waals surface area contributed by atoms with Crippen LogP contribution in [0.25, 0.3) is 11.1 Å². The summed E-state index contributed by atoms with van der Waals surface area (Å²) >= 11 is 6.03. The number of amides is 1. The molecule has 29 heavy (non-hydrogen) atoms. The van der Waals surface area contributed by atoms with Gasteiger partial charge in [0.15, 0.2) is 11.5 Å². The summed E-state index contributed by atoms with van der Waals surface area (Å²) in [6, 6.07) is 13.8. The van der Waals surface area contributed by atoms with E-state index in [4.69, 9.17) is 16.0 Å². The summed E-state index contributed by atoms with van der Waals surface area (Å²) in [6.07, 6.45) is 2.75. The zero-order valence-electron chi connectivity index (χ0n) is 16.7. The highest BCUT2D eigenvalue weighted by molar-refractivity contribution is 6.31. The number of carbonyl (C=O) groups is 1. The quantitative estimate of drug-likeness (QED) is 0.656. The summed E-state index contributed by atoms with van der Waals surface area (Å²) in [5, 5.41) is 3.71. The van der Waals surface area contributed by atoms with Crippen LogP contribution in [-0.2, 0) is 11.2 Å². The Morgan fingerprint density at radius 2 is 2.03 bits per heavy atom. The van der Waals surface area contributed by atoms with Crippen molar-refractivity contribution in [2.75, 3.05) is 26.2 Å². The second kappa shape index (κ2) is 8.97. The number of aromatic nitrogens is 1. The molecule has 0 saturated carbocycles. The van der Waals surface area contributed by atoms with Crippen molar-refractivity contribution in [2.45, 2.75) is 32.1 Å². The van der Waals surface area contributed by atoms with Crippen molar-refractivity contribution in [3.8, 4) is 0 Å². The third-order valence-electron chi connectivity index (χ3n) is 5.65. The van der Waals surface area contributed by atoms with Gasteiger partial charge in [0.25, 0.3) is 0 Å². The van der Waals surface area contributed by atoms with Crippen LogP contribution in [0.1, 0.15) is 35.8 Å². The Hall–Kier alpha value is -2.37. The number of aryl methyl sites for hydroxylation is 1. The first-order valence-electron chi connectivity index (χ1n) is 10.2. The third kappa shape index (κ3) is 4.98. The average Bonchev–Trinajstić information content (AvgIpc) is 3.13. The molecule has 2 aromatic carbocycles. The van der Waals surface area contributed by atoms with Gasteiger partial charge in [0.1, 0.15) is 5.52 Å². The van der Waals surface area contributed by atoms with Gasteiger partial charge in [0.2, 0.25) is 5.91 Å². The first kappa shape index (κ1) is 19.9. The van der Waals surface area contributed by atoms with E-state index in [1.165, 1.54) is 11.1 Å². The number of fused-ring (bicyclic) bond motifs is 1. The Bertz CT molecular complexity index is 993. The molecule has 6 heteroatoms. The Kier molecular flexibility index (Phi) is 6.16. The molecule has 0 spiro atoms. The number of piperidine rings is 1. The minimum Gasteiger partial charge on any atom is -0.440 e. The lowest BCUT2D eigenvalue weighted by molar-refractivity contribution is -0.122. The van der Waals surface area contributed by atoms with Crippen LogP contribution < -0.4 is 5.32 Å². The van der Waals surface area contributed by atoms with E-state index in [0.29, 0.717) is 24.0 Å². The second-order valence-electron chi connectivity index (χ2n) is 7.74. The lowest BCUT2D eigenvalue weighted by atomic mass is 9.97. The van der Waals surface area contributed by atoms with Crippen molar-refractivity contribution in [1.29, 1.82) is 0 Å². The minimum absolute atomic E-state index is 0.0912. The molecule has 4 rings (SSSR count). The number of nitrogens with one attached hydrogen (secondary N) is 1. The molecule has 1 aromatic heterocycles. The van der Waals surface area contributed by atoms with Gasteiger partial charge < -0.3 is 9.73 Å². The molecule has 1 fully saturated rings. The number of likely N-dealkylation sites (tertiary alicyclic amines) is 1. The SMILES string of the molecule is Cc1ccccc1CCNC(=O)CN1CCC(c2nc3cc(Cl)ccc3o2)CC1. The van der Waals surface area contributed by atoms with Gasteiger partial charge in [-0.25, -0.2) is 4.98 Å². The van der Waals surface area contributed by atoms with Crippen molar-refractivity contribution in [1.82, 2.24) is 15.2 Å². The molecule has 0 aliphatic carbocycles. The summed E-state index contributed by atoms with van der Waals surface area (Å²) in [4.78, 5) is 19.1. The van der Waals surface area contributed by atoms with Crippen LogP contribution in [0.3, 0.4) is 0 Å². The van der Waals surface area contributed by atoms with Gasteiger partial charge in [-0.05, 0) is 68.6 Å². The Labute approximate surface area is 176 Å². The summed E-state index contributed by atoms with van der Waals surface area (Å²) < 4.78 is 5.92. The summed E-state index contributed by atoms with van der Waals surface area (Å²) in [5.41, 5.74) is 4.14. The molecule has 1 saturated heterocycles. The topological polar surface area (TPSA) is 58.4 Å². The second-order valence-corrected chi connectivity index (χ2v) is 8.18. The molecule has 5 nitrogen and oxygen atoms in total. The van der Waals surface area contributed by atoms with Crippen molar-refractivity contribution >= 4 is 28.6 Å². The molecule has 0 bridgehead atoms. The normalized spacial score (nSPS) is 15.7. The van der Waals surface area contributed by atoms with Crippen LogP contribution in [0.2, 0.25) is 5.02 Å². The number of nitrogens with zero attached hydrogens (tertiary/aromatic N) is 2. The first-order chi connectivity index (χ1) is 14.1. The number of hydrogen-bond donors (Lipinski definition) is 1. The highest BCUT2D eigenvalue weighted by atomic mass is 35.5. The smallest absolute Gasteiger partial charge is 0.234 e. The van der Waals surface area contributed by atoms with Gasteiger partial charge in [0.05, 0.1) is 6.54 Å². The average molecular weight is 412 g/mol. The molecular formula is C23H26ClN3O2. The Morgan fingerprint density at radius 1 is 1.24 bits per heavy atom. The predicted molar refractivity (Wildman–Crippen MR) is 115 cm³/mol. The van der Waals surface area contributed by atoms with Crippen LogP contribution >= 0.6 is 11.6 Å². The highest BCUT2D eigenvalue weighted by Crippen LogP contribution is 2.30. The number of hydrogen-bond acceptors (Lipinski definition) is 4. The first-order valence-corrected chi connectivity index (χ1v) is 10.6. The summed E-state index contributed by atoms with van der Waals surface area (Å²) in [5.74, 6) is 1.17. The molecule has 0 radical (unpaired) electrons. The number of halogens is 1. The summed E-state index contributed by atoms with van der Waals surface area (Å²) in [7, 11) is 0. The molecule has 1 aliphatic rings. The maximum atomic E-state index is 12.3. The van der Waals surface area contributed by atoms with E-state index in [1.54, 1.807) is 0 Å². The Balaban J connectivity index is 1.23. The third-order valence-corrected chi connectivity index (χ3v) is 5.88. The van der Waals surface area contributed by atoms with Crippen molar-refractivity contribution in [2.24, 2.45) is 0 Å². The van der Waals surface area contributed by atoms with Crippen molar-refractivity contribution in [3.63, 3.8) is 0 Å². The fourth-order valence-electron chi connectivity index (χ4n) is 3.92. The fraction of sp³-hybridized carbons (Fsp3) is 0.391. The van der Waals surface area contributed by atoms with Gasteiger partial charge in [-0.1, -0.05) is 35.9 Å². The lowest BCUT2D eigenvalue weighted by Gasteiger charge is -2.29. The molecule has 1 N–H and O–H groups in total. The zero-order valence-corrected chi connectivity index (χ0v) is 17.4. The van der Waals surface area contributed by atoms with E-state index in [9.17, 15) is 4.79 Å². The van der Waals surface area contributed by atoms with E-state index in [-0.39, 0.29) is 5.91 Å². The van der Waals surface area contributed by atoms with Gasteiger partial charge in [-0.2, -0.15) is 0 Å². The van der Waals surface area contributed by atoms with E-state index < -0.39 is 0 Å². The largest absolute Gasteiger partial charge is 0.440 e. The van der Waals surface area contributed by atoms with Crippen LogP contribution in [-0.4, -0.2) is 42.0 Å². The molecule has 2 heterocycles. The maximum Gasteiger partial charge on any atom is 0.234 e. The predicted octanol–water partition coefficient (Wildman–Crippen LogP) is 4.33. The maximum absolute atomic E-state index is 12.3. The van der Waals surface area contributed by atoms with Crippen LogP contribution in [0.15, 0.2) is 46.9 Å². The standard InChI is InChI=1S/C23H26ClN3O2/c1-16-4-2-3-5-17(16)8-11-25-22(28)15-27-12-9-18(10-13-27)23-26-20-14-19(24)6-7-21(20)29-23/h2-7,14,18H,8-13,15H2,1H3,(H,25,28). The molecule has 3 aromatic rings. The van der Waals surface area contributed by atoms with E-state index >= 15 is 0 Å². The molecule has 0 atom stereocenters. The number of benzene rings is 2. The van der Waals surface area contributed by atoms with Crippen molar-refractivity contribution < 1.29 is 9.21 Å². The lowest BCUT2D eigenvalue weighted by Crippen LogP contribution is -2.41. The van der Waals surface area contributed by atoms with Gasteiger partial charge >= 0.3 is 0 Å². The van der Waals surface area contributed by atoms with Crippen LogP contribution in [0, 0.1) is 6.92 Å². The van der Waals surface area contributed by atoms with Crippen LogP contribution in [0.5, 0.6) is 0 Å². The zero-order chi connectivity index (χ0) is 20.2. The summed E-state index contributed by atoms with van der Waals surface area (Å²) in [6.45, 7) is 4.97. The van der Waals surface area contributed by atoms with E-state index in [0.717, 1.165) is 49.3 Å². The fourth-order valence-corrected chi connectivity index (χ4v) is 4.08. The van der Waals surface area contributed by atoms with E-state index in [1.807, 2.05) is 30.3 Å². The van der Waals surface area contributed by atoms with Crippen molar-refractivity contribution in [3.05, 3.63) is 64.5 Å². The molecule has 1 aliphatic heterocycles. The van der Waals surface area contributed by atoms with E-state index in [2.05, 4.69) is 34.3 Å². The molecule has 0 unspecified atom stereocenters. The van der Waals surface area contributed by atoms with Gasteiger partial charge in [-0.15, -0.1) is 0 Å². The molecular weight excluding hydrogens is 386 g/mol.